The van der Waals surface area contributed by atoms with Gasteiger partial charge in [-0.1, -0.05) is 42.1 Å². The number of rotatable bonds is 9. The topological polar surface area (TPSA) is 55.8 Å². The highest BCUT2D eigenvalue weighted by molar-refractivity contribution is 9.10. The Labute approximate surface area is 133 Å². The lowest BCUT2D eigenvalue weighted by Crippen LogP contribution is -2.01. The number of methoxy groups -OCH3 is 1. The lowest BCUT2D eigenvalue weighted by atomic mass is 10.1. The number of hydrogen-bond acceptors (Lipinski definition) is 3. The van der Waals surface area contributed by atoms with Gasteiger partial charge in [-0.25, -0.2) is 4.79 Å². The second-order valence-electron chi connectivity index (χ2n) is 4.61. The monoisotopic (exact) mass is 356 g/mol. The Morgan fingerprint density at radius 1 is 1.33 bits per heavy atom. The van der Waals surface area contributed by atoms with Crippen LogP contribution in [0.1, 0.15) is 38.2 Å². The van der Waals surface area contributed by atoms with Crippen molar-refractivity contribution >= 4 is 28.0 Å². The molecule has 0 amide bonds. The molecule has 1 aromatic rings. The number of unbranched alkanes of at least 4 members (excludes halogenated alkanes) is 3. The van der Waals surface area contributed by atoms with Crippen LogP contribution in [0, 0.1) is 0 Å². The summed E-state index contributed by atoms with van der Waals surface area (Å²) >= 11 is 3.38. The van der Waals surface area contributed by atoms with Gasteiger partial charge in [-0.05, 0) is 24.6 Å². The van der Waals surface area contributed by atoms with Crippen LogP contribution < -0.4 is 9.47 Å². The Balaban J connectivity index is 2.89. The van der Waals surface area contributed by atoms with Gasteiger partial charge in [0.25, 0.3) is 0 Å². The summed E-state index contributed by atoms with van der Waals surface area (Å²) in [6.45, 7) is 2.75. The van der Waals surface area contributed by atoms with E-state index >= 15 is 0 Å². The Morgan fingerprint density at radius 2 is 2.10 bits per heavy atom. The van der Waals surface area contributed by atoms with Crippen molar-refractivity contribution in [1.29, 1.82) is 0 Å². The van der Waals surface area contributed by atoms with Gasteiger partial charge in [-0.3, -0.25) is 0 Å². The second-order valence-corrected chi connectivity index (χ2v) is 5.52. The number of ether oxygens (including phenoxy) is 2. The predicted octanol–water partition coefficient (Wildman–Crippen LogP) is 4.51. The van der Waals surface area contributed by atoms with Crippen LogP contribution in [0.4, 0.5) is 0 Å². The summed E-state index contributed by atoms with van der Waals surface area (Å²) in [4.78, 5) is 10.7. The number of carbonyl (C=O) groups is 1. The third-order valence-electron chi connectivity index (χ3n) is 2.92. The van der Waals surface area contributed by atoms with Crippen molar-refractivity contribution in [3.05, 3.63) is 28.2 Å². The van der Waals surface area contributed by atoms with Gasteiger partial charge in [0.1, 0.15) is 0 Å². The van der Waals surface area contributed by atoms with E-state index in [1.807, 2.05) is 6.07 Å². The van der Waals surface area contributed by atoms with Crippen LogP contribution in [0.5, 0.6) is 11.5 Å². The van der Waals surface area contributed by atoms with E-state index in [-0.39, 0.29) is 0 Å². The highest BCUT2D eigenvalue weighted by Gasteiger charge is 2.11. The average Bonchev–Trinajstić information content (AvgIpc) is 2.45. The molecule has 0 atom stereocenters. The summed E-state index contributed by atoms with van der Waals surface area (Å²) < 4.78 is 11.9. The van der Waals surface area contributed by atoms with E-state index in [9.17, 15) is 4.79 Å². The quantitative estimate of drug-likeness (QED) is 0.522. The lowest BCUT2D eigenvalue weighted by Gasteiger charge is -2.14. The summed E-state index contributed by atoms with van der Waals surface area (Å²) in [6, 6.07) is 3.61. The summed E-state index contributed by atoms with van der Waals surface area (Å²) in [5.41, 5.74) is 0.680. The number of carboxylic acids is 1. The normalized spacial score (nSPS) is 10.8. The molecule has 0 aromatic heterocycles. The molecule has 21 heavy (non-hydrogen) atoms. The number of halogens is 1. The molecule has 0 heterocycles. The SMILES string of the molecule is CCCCCCOc1c(/C=C/C(=O)O)cc(Br)cc1OC. The molecule has 0 fully saturated rings. The molecule has 0 spiro atoms. The summed E-state index contributed by atoms with van der Waals surface area (Å²) in [7, 11) is 1.57. The van der Waals surface area contributed by atoms with Gasteiger partial charge in [0.2, 0.25) is 0 Å². The van der Waals surface area contributed by atoms with E-state index in [1.54, 1.807) is 13.2 Å². The Bertz CT molecular complexity index is 497. The van der Waals surface area contributed by atoms with Gasteiger partial charge in [0, 0.05) is 16.1 Å². The molecule has 1 N–H and O–H groups in total. The Hall–Kier alpha value is -1.49. The van der Waals surface area contributed by atoms with Gasteiger partial charge >= 0.3 is 5.97 Å². The van der Waals surface area contributed by atoms with Crippen LogP contribution in [0.3, 0.4) is 0 Å². The number of carboxylic acid groups (broad SMARTS) is 1. The summed E-state index contributed by atoms with van der Waals surface area (Å²) in [5, 5.41) is 8.76. The third kappa shape index (κ3) is 6.21. The van der Waals surface area contributed by atoms with E-state index in [1.165, 1.54) is 18.9 Å². The van der Waals surface area contributed by atoms with Crippen molar-refractivity contribution in [3.8, 4) is 11.5 Å². The summed E-state index contributed by atoms with van der Waals surface area (Å²) in [6.07, 6.45) is 7.05. The van der Waals surface area contributed by atoms with Crippen molar-refractivity contribution < 1.29 is 19.4 Å². The van der Waals surface area contributed by atoms with Crippen LogP contribution in [0.2, 0.25) is 0 Å². The molecule has 4 nitrogen and oxygen atoms in total. The van der Waals surface area contributed by atoms with Crippen molar-refractivity contribution in [2.45, 2.75) is 32.6 Å². The Morgan fingerprint density at radius 3 is 2.71 bits per heavy atom. The second kappa shape index (κ2) is 9.45. The molecule has 0 saturated heterocycles. The maximum absolute atomic E-state index is 10.7. The smallest absolute Gasteiger partial charge is 0.328 e. The van der Waals surface area contributed by atoms with Crippen molar-refractivity contribution in [2.75, 3.05) is 13.7 Å². The van der Waals surface area contributed by atoms with E-state index in [4.69, 9.17) is 14.6 Å². The van der Waals surface area contributed by atoms with Crippen LogP contribution >= 0.6 is 15.9 Å². The molecule has 1 aromatic carbocycles. The maximum atomic E-state index is 10.7. The highest BCUT2D eigenvalue weighted by atomic mass is 79.9. The number of hydrogen-bond donors (Lipinski definition) is 1. The standard InChI is InChI=1S/C16H21BrO4/c1-3-4-5-6-9-21-16-12(7-8-15(18)19)10-13(17)11-14(16)20-2/h7-8,10-11H,3-6,9H2,1-2H3,(H,18,19)/b8-7+. The molecule has 0 aliphatic heterocycles. The first-order chi connectivity index (χ1) is 10.1. The minimum atomic E-state index is -0.997. The van der Waals surface area contributed by atoms with Crippen molar-refractivity contribution in [3.63, 3.8) is 0 Å². The maximum Gasteiger partial charge on any atom is 0.328 e. The van der Waals surface area contributed by atoms with Gasteiger partial charge in [-0.2, -0.15) is 0 Å². The Kier molecular flexibility index (Phi) is 7.90. The number of benzene rings is 1. The van der Waals surface area contributed by atoms with E-state index < -0.39 is 5.97 Å². The lowest BCUT2D eigenvalue weighted by molar-refractivity contribution is -0.131. The minimum Gasteiger partial charge on any atom is -0.493 e. The molecule has 1 rings (SSSR count). The van der Waals surface area contributed by atoms with Gasteiger partial charge in [0.15, 0.2) is 11.5 Å². The predicted molar refractivity (Wildman–Crippen MR) is 87.0 cm³/mol. The zero-order valence-electron chi connectivity index (χ0n) is 12.4. The first-order valence-electron chi connectivity index (χ1n) is 6.99. The first-order valence-corrected chi connectivity index (χ1v) is 7.79. The average molecular weight is 357 g/mol. The van der Waals surface area contributed by atoms with Gasteiger partial charge in [0.05, 0.1) is 13.7 Å². The van der Waals surface area contributed by atoms with E-state index in [0.29, 0.717) is 23.7 Å². The zero-order chi connectivity index (χ0) is 15.7. The molecule has 0 saturated carbocycles. The molecule has 5 heteroatoms. The van der Waals surface area contributed by atoms with Gasteiger partial charge in [-0.15, -0.1) is 0 Å². The van der Waals surface area contributed by atoms with Crippen LogP contribution in [0.15, 0.2) is 22.7 Å². The number of aliphatic carboxylic acids is 1. The van der Waals surface area contributed by atoms with Crippen LogP contribution in [-0.4, -0.2) is 24.8 Å². The zero-order valence-corrected chi connectivity index (χ0v) is 14.0. The molecular formula is C16H21BrO4. The molecule has 0 radical (unpaired) electrons. The van der Waals surface area contributed by atoms with Gasteiger partial charge < -0.3 is 14.6 Å². The largest absolute Gasteiger partial charge is 0.493 e. The molecule has 0 aliphatic carbocycles. The fourth-order valence-electron chi connectivity index (χ4n) is 1.88. The molecule has 0 aliphatic rings. The van der Waals surface area contributed by atoms with Crippen molar-refractivity contribution in [2.24, 2.45) is 0 Å². The van der Waals surface area contributed by atoms with Crippen LogP contribution in [0.25, 0.3) is 6.08 Å². The fourth-order valence-corrected chi connectivity index (χ4v) is 2.34. The third-order valence-corrected chi connectivity index (χ3v) is 3.38. The molecule has 0 bridgehead atoms. The fraction of sp³-hybridized carbons (Fsp3) is 0.438. The highest BCUT2D eigenvalue weighted by Crippen LogP contribution is 2.35. The minimum absolute atomic E-state index is 0.578. The molecular weight excluding hydrogens is 336 g/mol. The van der Waals surface area contributed by atoms with E-state index in [2.05, 4.69) is 22.9 Å². The van der Waals surface area contributed by atoms with E-state index in [0.717, 1.165) is 23.4 Å². The molecule has 116 valence electrons. The first kappa shape index (κ1) is 17.6. The summed E-state index contributed by atoms with van der Waals surface area (Å²) in [5.74, 6) is 0.169. The molecule has 0 unspecified atom stereocenters. The van der Waals surface area contributed by atoms with Crippen molar-refractivity contribution in [1.82, 2.24) is 0 Å². The van der Waals surface area contributed by atoms with Crippen LogP contribution in [-0.2, 0) is 4.79 Å².